The molecule has 2 rings (SSSR count). The fourth-order valence-electron chi connectivity index (χ4n) is 2.40. The zero-order valence-electron chi connectivity index (χ0n) is 16.7. The quantitative estimate of drug-likeness (QED) is 0.660. The van der Waals surface area contributed by atoms with Crippen LogP contribution in [-0.4, -0.2) is 44.1 Å². The van der Waals surface area contributed by atoms with Crippen molar-refractivity contribution in [2.24, 2.45) is 0 Å². The van der Waals surface area contributed by atoms with Crippen LogP contribution >= 0.6 is 0 Å². The van der Waals surface area contributed by atoms with Gasteiger partial charge in [-0.05, 0) is 38.1 Å². The fourth-order valence-corrected chi connectivity index (χ4v) is 2.40. The van der Waals surface area contributed by atoms with Gasteiger partial charge in [0.2, 0.25) is 0 Å². The molecule has 0 spiro atoms. The molecule has 0 radical (unpaired) electrons. The fraction of sp³-hybridized carbons (Fsp3) is 0.286. The summed E-state index contributed by atoms with van der Waals surface area (Å²) in [6.07, 6.45) is -1.09. The summed E-state index contributed by atoms with van der Waals surface area (Å²) in [6.45, 7) is 2.92. The summed E-state index contributed by atoms with van der Waals surface area (Å²) in [7, 11) is 2.97. The average molecular weight is 400 g/mol. The molecule has 0 fully saturated rings. The Morgan fingerprint density at radius 2 is 1.62 bits per heavy atom. The molecule has 2 atom stereocenters. The SMILES string of the molecule is COc1ccc(OC)c(NC(=O)C(C)OC(=O)[C@H](C)NC(=O)c2ccccc2)c1. The van der Waals surface area contributed by atoms with Crippen LogP contribution in [0.4, 0.5) is 5.69 Å². The molecular weight excluding hydrogens is 376 g/mol. The summed E-state index contributed by atoms with van der Waals surface area (Å²) in [5, 5.41) is 5.18. The molecule has 2 aromatic rings. The summed E-state index contributed by atoms with van der Waals surface area (Å²) in [4.78, 5) is 36.8. The van der Waals surface area contributed by atoms with Crippen molar-refractivity contribution in [2.45, 2.75) is 26.0 Å². The van der Waals surface area contributed by atoms with Gasteiger partial charge >= 0.3 is 5.97 Å². The number of esters is 1. The van der Waals surface area contributed by atoms with Crippen LogP contribution in [0.2, 0.25) is 0 Å². The zero-order chi connectivity index (χ0) is 21.4. The van der Waals surface area contributed by atoms with E-state index in [2.05, 4.69) is 10.6 Å². The third kappa shape index (κ3) is 5.97. The molecule has 0 saturated carbocycles. The topological polar surface area (TPSA) is 103 Å². The van der Waals surface area contributed by atoms with Crippen LogP contribution in [-0.2, 0) is 14.3 Å². The lowest BCUT2D eigenvalue weighted by atomic mass is 10.2. The first kappa shape index (κ1) is 21.7. The van der Waals surface area contributed by atoms with Gasteiger partial charge in [-0.1, -0.05) is 18.2 Å². The molecule has 2 aromatic carbocycles. The minimum absolute atomic E-state index is 0.380. The third-order valence-corrected chi connectivity index (χ3v) is 4.06. The Balaban J connectivity index is 1.95. The Labute approximate surface area is 169 Å². The minimum atomic E-state index is -1.09. The Morgan fingerprint density at radius 3 is 2.24 bits per heavy atom. The average Bonchev–Trinajstić information content (AvgIpc) is 2.73. The van der Waals surface area contributed by atoms with Crippen LogP contribution in [0.3, 0.4) is 0 Å². The number of amides is 2. The zero-order valence-corrected chi connectivity index (χ0v) is 16.7. The number of methoxy groups -OCH3 is 2. The van der Waals surface area contributed by atoms with E-state index < -0.39 is 29.9 Å². The normalized spacial score (nSPS) is 12.3. The number of anilines is 1. The highest BCUT2D eigenvalue weighted by atomic mass is 16.5. The molecule has 0 bridgehead atoms. The van der Waals surface area contributed by atoms with Crippen molar-refractivity contribution in [1.29, 1.82) is 0 Å². The van der Waals surface area contributed by atoms with Gasteiger partial charge in [-0.15, -0.1) is 0 Å². The first-order chi connectivity index (χ1) is 13.8. The highest BCUT2D eigenvalue weighted by molar-refractivity contribution is 5.98. The molecule has 0 aromatic heterocycles. The van der Waals surface area contributed by atoms with Gasteiger partial charge in [-0.25, -0.2) is 4.79 Å². The van der Waals surface area contributed by atoms with Crippen LogP contribution in [0.5, 0.6) is 11.5 Å². The Kier molecular flexibility index (Phi) is 7.59. The highest BCUT2D eigenvalue weighted by Gasteiger charge is 2.24. The van der Waals surface area contributed by atoms with Crippen LogP contribution < -0.4 is 20.1 Å². The van der Waals surface area contributed by atoms with E-state index in [0.29, 0.717) is 22.7 Å². The van der Waals surface area contributed by atoms with Crippen molar-refractivity contribution in [1.82, 2.24) is 5.32 Å². The lowest BCUT2D eigenvalue weighted by molar-refractivity contribution is -0.154. The summed E-state index contributed by atoms with van der Waals surface area (Å²) in [6, 6.07) is 12.5. The number of rotatable bonds is 8. The maximum Gasteiger partial charge on any atom is 0.329 e. The molecule has 2 N–H and O–H groups in total. The second kappa shape index (κ2) is 10.1. The number of carbonyl (C=O) groups excluding carboxylic acids is 3. The Morgan fingerprint density at radius 1 is 0.931 bits per heavy atom. The third-order valence-electron chi connectivity index (χ3n) is 4.06. The molecule has 0 saturated heterocycles. The summed E-state index contributed by atoms with van der Waals surface area (Å²) in [5.74, 6) is -0.724. The van der Waals surface area contributed by atoms with Gasteiger partial charge < -0.3 is 24.8 Å². The van der Waals surface area contributed by atoms with Crippen molar-refractivity contribution in [3.63, 3.8) is 0 Å². The monoisotopic (exact) mass is 400 g/mol. The Hall–Kier alpha value is -3.55. The molecule has 1 unspecified atom stereocenters. The van der Waals surface area contributed by atoms with E-state index in [1.54, 1.807) is 48.5 Å². The van der Waals surface area contributed by atoms with Gasteiger partial charge in [0, 0.05) is 11.6 Å². The maximum absolute atomic E-state index is 12.4. The number of carbonyl (C=O) groups is 3. The molecule has 0 aliphatic heterocycles. The van der Waals surface area contributed by atoms with Crippen molar-refractivity contribution >= 4 is 23.5 Å². The largest absolute Gasteiger partial charge is 0.497 e. The van der Waals surface area contributed by atoms with E-state index in [0.717, 1.165) is 0 Å². The smallest absolute Gasteiger partial charge is 0.329 e. The van der Waals surface area contributed by atoms with E-state index in [4.69, 9.17) is 14.2 Å². The lowest BCUT2D eigenvalue weighted by Crippen LogP contribution is -2.42. The standard InChI is InChI=1S/C21H24N2O6/c1-13(22-20(25)15-8-6-5-7-9-15)21(26)29-14(2)19(24)23-17-12-16(27-3)10-11-18(17)28-4/h5-14H,1-4H3,(H,22,25)(H,23,24)/t13-,14?/m0/s1. The number of ether oxygens (including phenoxy) is 3. The molecule has 2 amide bonds. The van der Waals surface area contributed by atoms with Gasteiger partial charge in [0.05, 0.1) is 19.9 Å². The van der Waals surface area contributed by atoms with Crippen molar-refractivity contribution in [3.05, 3.63) is 54.1 Å². The molecule has 0 aliphatic carbocycles. The van der Waals surface area contributed by atoms with E-state index in [1.807, 2.05) is 0 Å². The first-order valence-electron chi connectivity index (χ1n) is 8.95. The van der Waals surface area contributed by atoms with Crippen molar-refractivity contribution in [2.75, 3.05) is 19.5 Å². The molecule has 8 nitrogen and oxygen atoms in total. The van der Waals surface area contributed by atoms with Gasteiger partial charge in [-0.2, -0.15) is 0 Å². The van der Waals surface area contributed by atoms with Gasteiger partial charge in [0.15, 0.2) is 6.10 Å². The van der Waals surface area contributed by atoms with Gasteiger partial charge in [0.1, 0.15) is 17.5 Å². The Bertz CT molecular complexity index is 869. The molecule has 0 heterocycles. The van der Waals surface area contributed by atoms with Crippen LogP contribution in [0, 0.1) is 0 Å². The number of hydrogen-bond acceptors (Lipinski definition) is 6. The molecule has 154 valence electrons. The van der Waals surface area contributed by atoms with Gasteiger partial charge in [-0.3, -0.25) is 9.59 Å². The predicted molar refractivity (Wildman–Crippen MR) is 107 cm³/mol. The first-order valence-corrected chi connectivity index (χ1v) is 8.95. The van der Waals surface area contributed by atoms with E-state index >= 15 is 0 Å². The van der Waals surface area contributed by atoms with Crippen molar-refractivity contribution < 1.29 is 28.6 Å². The van der Waals surface area contributed by atoms with Crippen LogP contribution in [0.15, 0.2) is 48.5 Å². The molecule has 0 aliphatic rings. The number of nitrogens with one attached hydrogen (secondary N) is 2. The number of benzene rings is 2. The lowest BCUT2D eigenvalue weighted by Gasteiger charge is -2.18. The van der Waals surface area contributed by atoms with E-state index in [1.165, 1.54) is 28.1 Å². The summed E-state index contributed by atoms with van der Waals surface area (Å²) < 4.78 is 15.5. The van der Waals surface area contributed by atoms with E-state index in [9.17, 15) is 14.4 Å². The maximum atomic E-state index is 12.4. The highest BCUT2D eigenvalue weighted by Crippen LogP contribution is 2.29. The molecule has 8 heteroatoms. The van der Waals surface area contributed by atoms with Crippen LogP contribution in [0.1, 0.15) is 24.2 Å². The molecular formula is C21H24N2O6. The second-order valence-electron chi connectivity index (χ2n) is 6.20. The van der Waals surface area contributed by atoms with Gasteiger partial charge in [0.25, 0.3) is 11.8 Å². The summed E-state index contributed by atoms with van der Waals surface area (Å²) in [5.41, 5.74) is 0.799. The molecule has 29 heavy (non-hydrogen) atoms. The summed E-state index contributed by atoms with van der Waals surface area (Å²) >= 11 is 0. The predicted octanol–water partition coefficient (Wildman–Crippen LogP) is 2.39. The van der Waals surface area contributed by atoms with E-state index in [-0.39, 0.29) is 0 Å². The number of hydrogen-bond donors (Lipinski definition) is 2. The van der Waals surface area contributed by atoms with Crippen molar-refractivity contribution in [3.8, 4) is 11.5 Å². The minimum Gasteiger partial charge on any atom is -0.497 e. The van der Waals surface area contributed by atoms with Crippen LogP contribution in [0.25, 0.3) is 0 Å². The second-order valence-corrected chi connectivity index (χ2v) is 6.20.